The van der Waals surface area contributed by atoms with Gasteiger partial charge in [-0.05, 0) is 79.5 Å². The number of aromatic nitrogens is 5. The average Bonchev–Trinajstić information content (AvgIpc) is 3.66. The van der Waals surface area contributed by atoms with Crippen LogP contribution in [0, 0.1) is 5.13 Å². The van der Waals surface area contributed by atoms with E-state index in [0.717, 1.165) is 85.9 Å². The van der Waals surface area contributed by atoms with Gasteiger partial charge >= 0.3 is 0 Å². The van der Waals surface area contributed by atoms with Crippen LogP contribution in [-0.4, -0.2) is 43.1 Å². The first-order valence-electron chi connectivity index (χ1n) is 12.6. The lowest BCUT2D eigenvalue weighted by Gasteiger charge is -2.26. The number of H-pyrrole nitrogens is 2. The molecule has 6 aromatic rings. The number of nitrogens with one attached hydrogen (secondary N) is 2. The number of hydrogen-bond acceptors (Lipinski definition) is 5. The van der Waals surface area contributed by atoms with E-state index in [-0.39, 0.29) is 5.13 Å². The summed E-state index contributed by atoms with van der Waals surface area (Å²) in [5.41, 5.74) is 7.82. The van der Waals surface area contributed by atoms with Gasteiger partial charge in [-0.15, -0.1) is 11.3 Å². The highest BCUT2D eigenvalue weighted by molar-refractivity contribution is 7.14. The maximum atomic E-state index is 13.7. The lowest BCUT2D eigenvalue weighted by atomic mass is 10.0. The molecule has 0 bridgehead atoms. The van der Waals surface area contributed by atoms with Crippen molar-refractivity contribution < 1.29 is 4.39 Å². The van der Waals surface area contributed by atoms with Crippen LogP contribution in [0.4, 0.5) is 4.39 Å². The Morgan fingerprint density at radius 3 is 2.70 bits per heavy atom. The zero-order valence-electron chi connectivity index (χ0n) is 20.2. The first kappa shape index (κ1) is 22.3. The number of rotatable bonds is 5. The maximum absolute atomic E-state index is 13.7. The average molecular weight is 509 g/mol. The van der Waals surface area contributed by atoms with E-state index >= 15 is 0 Å². The number of aromatic amines is 2. The van der Waals surface area contributed by atoms with E-state index in [1.807, 2.05) is 24.5 Å². The van der Waals surface area contributed by atoms with Gasteiger partial charge in [-0.2, -0.15) is 9.49 Å². The molecular weight excluding hydrogens is 483 g/mol. The van der Waals surface area contributed by atoms with E-state index in [0.29, 0.717) is 0 Å². The highest BCUT2D eigenvalue weighted by Gasteiger charge is 2.16. The number of piperidine rings is 1. The second-order valence-electron chi connectivity index (χ2n) is 9.66. The third-order valence-corrected chi connectivity index (χ3v) is 8.08. The summed E-state index contributed by atoms with van der Waals surface area (Å²) in [7, 11) is 0. The molecule has 7 rings (SSSR count). The van der Waals surface area contributed by atoms with E-state index in [2.05, 4.69) is 60.4 Å². The van der Waals surface area contributed by atoms with Gasteiger partial charge < -0.3 is 4.98 Å². The van der Waals surface area contributed by atoms with Crippen LogP contribution >= 0.6 is 11.3 Å². The van der Waals surface area contributed by atoms with E-state index in [9.17, 15) is 4.39 Å². The number of nitrogens with zero attached hydrogens (tertiary/aromatic N) is 4. The summed E-state index contributed by atoms with van der Waals surface area (Å²) in [5, 5.41) is 9.57. The summed E-state index contributed by atoms with van der Waals surface area (Å²) in [6.07, 6.45) is 9.56. The van der Waals surface area contributed by atoms with E-state index < -0.39 is 0 Å². The summed E-state index contributed by atoms with van der Waals surface area (Å²) in [6.45, 7) is 3.27. The second-order valence-corrected chi connectivity index (χ2v) is 10.7. The topological polar surface area (TPSA) is 73.5 Å². The molecule has 6 nitrogen and oxygen atoms in total. The van der Waals surface area contributed by atoms with E-state index in [1.165, 1.54) is 30.9 Å². The van der Waals surface area contributed by atoms with Crippen molar-refractivity contribution in [3.63, 3.8) is 0 Å². The molecule has 1 saturated heterocycles. The van der Waals surface area contributed by atoms with Crippen molar-refractivity contribution in [2.45, 2.75) is 25.8 Å². The smallest absolute Gasteiger partial charge is 0.176 e. The fourth-order valence-corrected chi connectivity index (χ4v) is 6.11. The Balaban J connectivity index is 1.26. The SMILES string of the molecule is Fc1ccc(-c2ccnc3[nH]c(-c4n[nH]c5ccc(-c6cncc(CN7CCCCC7)c6)cc45)cc23)s1. The van der Waals surface area contributed by atoms with Gasteiger partial charge in [0.1, 0.15) is 11.3 Å². The third-order valence-electron chi connectivity index (χ3n) is 7.17. The lowest BCUT2D eigenvalue weighted by molar-refractivity contribution is 0.220. The molecule has 5 aromatic heterocycles. The van der Waals surface area contributed by atoms with Gasteiger partial charge in [0.05, 0.1) is 11.2 Å². The minimum atomic E-state index is -0.198. The molecule has 0 aliphatic carbocycles. The predicted octanol–water partition coefficient (Wildman–Crippen LogP) is 7.02. The van der Waals surface area contributed by atoms with Crippen molar-refractivity contribution >= 4 is 33.3 Å². The van der Waals surface area contributed by atoms with Crippen LogP contribution in [0.15, 0.2) is 67.1 Å². The minimum Gasteiger partial charge on any atom is -0.338 e. The van der Waals surface area contributed by atoms with Crippen molar-refractivity contribution in [3.05, 3.63) is 77.8 Å². The lowest BCUT2D eigenvalue weighted by Crippen LogP contribution is -2.29. The molecule has 1 fully saturated rings. The molecule has 1 aliphatic rings. The fourth-order valence-electron chi connectivity index (χ4n) is 5.33. The number of hydrogen-bond donors (Lipinski definition) is 2. The van der Waals surface area contributed by atoms with Crippen LogP contribution in [0.5, 0.6) is 0 Å². The summed E-state index contributed by atoms with van der Waals surface area (Å²) >= 11 is 1.14. The van der Waals surface area contributed by atoms with Gasteiger partial charge in [0.2, 0.25) is 0 Å². The summed E-state index contributed by atoms with van der Waals surface area (Å²) < 4.78 is 13.7. The molecule has 1 aliphatic heterocycles. The van der Waals surface area contributed by atoms with Crippen molar-refractivity contribution in [2.24, 2.45) is 0 Å². The molecule has 0 radical (unpaired) electrons. The van der Waals surface area contributed by atoms with E-state index in [1.54, 1.807) is 6.20 Å². The fraction of sp³-hybridized carbons (Fsp3) is 0.207. The molecule has 0 amide bonds. The molecule has 8 heteroatoms. The van der Waals surface area contributed by atoms with Crippen molar-refractivity contribution in [2.75, 3.05) is 13.1 Å². The molecule has 0 atom stereocenters. The zero-order chi connectivity index (χ0) is 24.8. The van der Waals surface area contributed by atoms with Crippen LogP contribution in [0.1, 0.15) is 24.8 Å². The Kier molecular flexibility index (Phi) is 5.56. The normalized spacial score (nSPS) is 14.6. The molecule has 0 saturated carbocycles. The first-order chi connectivity index (χ1) is 18.2. The number of pyridine rings is 2. The summed E-state index contributed by atoms with van der Waals surface area (Å²) in [4.78, 5) is 15.9. The first-order valence-corrected chi connectivity index (χ1v) is 13.4. The minimum absolute atomic E-state index is 0.198. The Hall–Kier alpha value is -3.88. The zero-order valence-corrected chi connectivity index (χ0v) is 21.0. The van der Waals surface area contributed by atoms with Crippen molar-refractivity contribution in [3.8, 4) is 33.0 Å². The van der Waals surface area contributed by atoms with Gasteiger partial charge in [0.25, 0.3) is 0 Å². The molecule has 6 heterocycles. The molecular formula is C29H25FN6S. The Morgan fingerprint density at radius 2 is 1.84 bits per heavy atom. The van der Waals surface area contributed by atoms with Gasteiger partial charge in [-0.3, -0.25) is 15.0 Å². The monoisotopic (exact) mass is 508 g/mol. The summed E-state index contributed by atoms with van der Waals surface area (Å²) in [6, 6.07) is 15.9. The number of fused-ring (bicyclic) bond motifs is 2. The highest BCUT2D eigenvalue weighted by atomic mass is 32.1. The molecule has 0 unspecified atom stereocenters. The van der Waals surface area contributed by atoms with Crippen LogP contribution in [-0.2, 0) is 6.54 Å². The highest BCUT2D eigenvalue weighted by Crippen LogP contribution is 2.36. The molecule has 2 N–H and O–H groups in total. The predicted molar refractivity (Wildman–Crippen MR) is 147 cm³/mol. The molecule has 37 heavy (non-hydrogen) atoms. The van der Waals surface area contributed by atoms with E-state index in [4.69, 9.17) is 0 Å². The Bertz CT molecular complexity index is 1730. The van der Waals surface area contributed by atoms with Gasteiger partial charge in [-0.25, -0.2) is 4.98 Å². The van der Waals surface area contributed by atoms with Crippen LogP contribution in [0.25, 0.3) is 54.9 Å². The van der Waals surface area contributed by atoms with Crippen molar-refractivity contribution in [1.82, 2.24) is 30.0 Å². The summed E-state index contributed by atoms with van der Waals surface area (Å²) in [5.74, 6) is 0. The number of thiophene rings is 1. The van der Waals surface area contributed by atoms with Crippen LogP contribution in [0.2, 0.25) is 0 Å². The maximum Gasteiger partial charge on any atom is 0.176 e. The largest absolute Gasteiger partial charge is 0.338 e. The Morgan fingerprint density at radius 1 is 0.919 bits per heavy atom. The van der Waals surface area contributed by atoms with Gasteiger partial charge in [-0.1, -0.05) is 12.5 Å². The molecule has 184 valence electrons. The standard InChI is InChI=1S/C29H25FN6S/c30-27-7-6-26(37-27)21-8-9-32-29-22(21)14-25(33-29)28-23-13-19(4-5-24(23)34-35-28)20-12-18(15-31-16-20)17-36-10-2-1-3-11-36/h4-9,12-16H,1-3,10-11,17H2,(H,32,33)(H,34,35). The number of halogens is 1. The van der Waals surface area contributed by atoms with Gasteiger partial charge in [0.15, 0.2) is 5.13 Å². The van der Waals surface area contributed by atoms with Crippen LogP contribution in [0.3, 0.4) is 0 Å². The van der Waals surface area contributed by atoms with Gasteiger partial charge in [0, 0.05) is 51.9 Å². The molecule has 0 spiro atoms. The number of benzene rings is 1. The van der Waals surface area contributed by atoms with Crippen LogP contribution < -0.4 is 0 Å². The Labute approximate surface area is 217 Å². The third kappa shape index (κ3) is 4.22. The second kappa shape index (κ2) is 9.21. The number of likely N-dealkylation sites (tertiary alicyclic amines) is 1. The molecule has 1 aromatic carbocycles. The quantitative estimate of drug-likeness (QED) is 0.262. The van der Waals surface area contributed by atoms with Crippen molar-refractivity contribution in [1.29, 1.82) is 0 Å².